The largest absolute Gasteiger partial charge is 0.312 e. The molecule has 2 heterocycles. The molecular weight excluding hydrogens is 298 g/mol. The molecule has 2 aromatic heterocycles. The Morgan fingerprint density at radius 3 is 2.79 bits per heavy atom. The van der Waals surface area contributed by atoms with Crippen LogP contribution in [0.15, 0.2) is 54.6 Å². The molecular formula is C19H19N5. The minimum atomic E-state index is 0.751. The van der Waals surface area contributed by atoms with E-state index in [1.54, 1.807) is 0 Å². The van der Waals surface area contributed by atoms with E-state index in [4.69, 9.17) is 0 Å². The molecule has 0 atom stereocenters. The van der Waals surface area contributed by atoms with Crippen LogP contribution in [0, 0.1) is 6.92 Å². The van der Waals surface area contributed by atoms with E-state index in [1.165, 1.54) is 11.1 Å². The van der Waals surface area contributed by atoms with Gasteiger partial charge < -0.3 is 5.32 Å². The zero-order chi connectivity index (χ0) is 16.4. The summed E-state index contributed by atoms with van der Waals surface area (Å²) in [7, 11) is 0. The topological polar surface area (TPSA) is 55.1 Å². The number of benzene rings is 2. The lowest BCUT2D eigenvalue weighted by atomic mass is 10.1. The van der Waals surface area contributed by atoms with Gasteiger partial charge in [-0.2, -0.15) is 4.52 Å². The van der Waals surface area contributed by atoms with Gasteiger partial charge in [0.1, 0.15) is 0 Å². The van der Waals surface area contributed by atoms with Gasteiger partial charge in [0.25, 0.3) is 0 Å². The molecule has 5 nitrogen and oxygen atoms in total. The lowest BCUT2D eigenvalue weighted by Crippen LogP contribution is -2.17. The maximum absolute atomic E-state index is 4.19. The summed E-state index contributed by atoms with van der Waals surface area (Å²) < 4.78 is 1.82. The van der Waals surface area contributed by atoms with Gasteiger partial charge in [0.15, 0.2) is 5.65 Å². The molecule has 0 bridgehead atoms. The third-order valence-corrected chi connectivity index (χ3v) is 4.25. The monoisotopic (exact) mass is 317 g/mol. The average Bonchev–Trinajstić information content (AvgIpc) is 3.09. The van der Waals surface area contributed by atoms with Gasteiger partial charge in [-0.3, -0.25) is 0 Å². The van der Waals surface area contributed by atoms with E-state index in [0.29, 0.717) is 0 Å². The Balaban J connectivity index is 1.55. The standard InChI is InChI=1S/C19H19N5/c1-14-7-8-18-16(11-14)12-17(19-21-22-23-24(18)19)13-20-10-9-15-5-3-2-4-6-15/h2-8,11-12,20H,9-10,13H2,1H3. The zero-order valence-electron chi connectivity index (χ0n) is 13.6. The van der Waals surface area contributed by atoms with Crippen LogP contribution in [0.1, 0.15) is 16.7 Å². The first kappa shape index (κ1) is 14.8. The van der Waals surface area contributed by atoms with Crippen LogP contribution < -0.4 is 5.32 Å². The lowest BCUT2D eigenvalue weighted by molar-refractivity contribution is 0.687. The van der Waals surface area contributed by atoms with E-state index >= 15 is 0 Å². The van der Waals surface area contributed by atoms with Gasteiger partial charge in [-0.25, -0.2) is 0 Å². The van der Waals surface area contributed by atoms with Gasteiger partial charge in [0, 0.05) is 17.5 Å². The van der Waals surface area contributed by atoms with E-state index in [0.717, 1.165) is 41.6 Å². The van der Waals surface area contributed by atoms with E-state index in [9.17, 15) is 0 Å². The smallest absolute Gasteiger partial charge is 0.184 e. The fourth-order valence-electron chi connectivity index (χ4n) is 3.01. The van der Waals surface area contributed by atoms with E-state index < -0.39 is 0 Å². The quantitative estimate of drug-likeness (QED) is 0.575. The van der Waals surface area contributed by atoms with Crippen molar-refractivity contribution in [3.05, 3.63) is 71.3 Å². The minimum Gasteiger partial charge on any atom is -0.312 e. The molecule has 0 fully saturated rings. The first-order chi connectivity index (χ1) is 11.8. The Morgan fingerprint density at radius 2 is 1.92 bits per heavy atom. The zero-order valence-corrected chi connectivity index (χ0v) is 13.6. The fraction of sp³-hybridized carbons (Fsp3) is 0.211. The predicted octanol–water partition coefficient (Wildman–Crippen LogP) is 2.92. The second-order valence-corrected chi connectivity index (χ2v) is 6.06. The summed E-state index contributed by atoms with van der Waals surface area (Å²) in [4.78, 5) is 0. The Kier molecular flexibility index (Phi) is 3.92. The van der Waals surface area contributed by atoms with Crippen LogP contribution in [0.25, 0.3) is 16.6 Å². The average molecular weight is 317 g/mol. The van der Waals surface area contributed by atoms with Gasteiger partial charge in [0.2, 0.25) is 0 Å². The molecule has 0 spiro atoms. The Labute approximate surface area is 140 Å². The molecule has 2 aromatic carbocycles. The molecule has 4 aromatic rings. The third-order valence-electron chi connectivity index (χ3n) is 4.25. The van der Waals surface area contributed by atoms with Crippen LogP contribution in [0.4, 0.5) is 0 Å². The summed E-state index contributed by atoms with van der Waals surface area (Å²) in [5.74, 6) is 0. The van der Waals surface area contributed by atoms with E-state index in [1.807, 2.05) is 10.6 Å². The van der Waals surface area contributed by atoms with Gasteiger partial charge in [-0.15, -0.1) is 5.10 Å². The SMILES string of the molecule is Cc1ccc2c(c1)cc(CNCCc1ccccc1)c1nnnn12. The van der Waals surface area contributed by atoms with Gasteiger partial charge in [-0.1, -0.05) is 42.0 Å². The van der Waals surface area contributed by atoms with Crippen molar-refractivity contribution in [2.45, 2.75) is 19.9 Å². The summed E-state index contributed by atoms with van der Waals surface area (Å²) in [5, 5.41) is 16.8. The van der Waals surface area contributed by atoms with Crippen LogP contribution in [0.5, 0.6) is 0 Å². The Bertz CT molecular complexity index is 975. The minimum absolute atomic E-state index is 0.751. The number of nitrogens with one attached hydrogen (secondary N) is 1. The van der Waals surface area contributed by atoms with Crippen molar-refractivity contribution in [2.24, 2.45) is 0 Å². The number of fused-ring (bicyclic) bond motifs is 3. The molecule has 4 rings (SSSR count). The Morgan fingerprint density at radius 1 is 1.04 bits per heavy atom. The molecule has 0 aliphatic rings. The molecule has 120 valence electrons. The van der Waals surface area contributed by atoms with Crippen LogP contribution in [-0.2, 0) is 13.0 Å². The summed E-state index contributed by atoms with van der Waals surface area (Å²) >= 11 is 0. The van der Waals surface area contributed by atoms with Crippen molar-refractivity contribution >= 4 is 16.6 Å². The Hall–Kier alpha value is -2.79. The molecule has 0 amide bonds. The van der Waals surface area contributed by atoms with Crippen molar-refractivity contribution in [1.29, 1.82) is 0 Å². The number of nitrogens with zero attached hydrogens (tertiary/aromatic N) is 4. The van der Waals surface area contributed by atoms with Crippen LogP contribution in [0.2, 0.25) is 0 Å². The van der Waals surface area contributed by atoms with Crippen molar-refractivity contribution in [3.63, 3.8) is 0 Å². The van der Waals surface area contributed by atoms with Crippen LogP contribution >= 0.6 is 0 Å². The maximum Gasteiger partial charge on any atom is 0.184 e. The highest BCUT2D eigenvalue weighted by atomic mass is 15.5. The summed E-state index contributed by atoms with van der Waals surface area (Å²) in [6, 6.07) is 19.0. The maximum atomic E-state index is 4.19. The van der Waals surface area contributed by atoms with Crippen molar-refractivity contribution in [1.82, 2.24) is 25.4 Å². The molecule has 0 saturated carbocycles. The molecule has 5 heteroatoms. The van der Waals surface area contributed by atoms with E-state index in [-0.39, 0.29) is 0 Å². The van der Waals surface area contributed by atoms with E-state index in [2.05, 4.69) is 76.3 Å². The van der Waals surface area contributed by atoms with Gasteiger partial charge in [0.05, 0.1) is 5.52 Å². The predicted molar refractivity (Wildman–Crippen MR) is 94.9 cm³/mol. The molecule has 0 aliphatic heterocycles. The first-order valence-electron chi connectivity index (χ1n) is 8.16. The molecule has 0 saturated heterocycles. The number of hydrogen-bond donors (Lipinski definition) is 1. The summed E-state index contributed by atoms with van der Waals surface area (Å²) in [6.45, 7) is 3.77. The van der Waals surface area contributed by atoms with Crippen molar-refractivity contribution < 1.29 is 0 Å². The normalized spacial score (nSPS) is 11.4. The summed E-state index contributed by atoms with van der Waals surface area (Å²) in [5.41, 5.74) is 5.55. The number of aromatic nitrogens is 4. The number of rotatable bonds is 5. The van der Waals surface area contributed by atoms with Crippen molar-refractivity contribution in [3.8, 4) is 0 Å². The van der Waals surface area contributed by atoms with Gasteiger partial charge in [-0.05, 0) is 54.1 Å². The van der Waals surface area contributed by atoms with Gasteiger partial charge >= 0.3 is 0 Å². The number of tetrazole rings is 1. The lowest BCUT2D eigenvalue weighted by Gasteiger charge is -2.08. The second kappa shape index (κ2) is 6.37. The number of aryl methyl sites for hydroxylation is 1. The van der Waals surface area contributed by atoms with Crippen LogP contribution in [0.3, 0.4) is 0 Å². The molecule has 24 heavy (non-hydrogen) atoms. The first-order valence-corrected chi connectivity index (χ1v) is 8.16. The van der Waals surface area contributed by atoms with Crippen molar-refractivity contribution in [2.75, 3.05) is 6.54 Å². The molecule has 0 radical (unpaired) electrons. The number of hydrogen-bond acceptors (Lipinski definition) is 4. The molecule has 0 unspecified atom stereocenters. The molecule has 0 aliphatic carbocycles. The molecule has 1 N–H and O–H groups in total. The highest BCUT2D eigenvalue weighted by Crippen LogP contribution is 2.20. The summed E-state index contributed by atoms with van der Waals surface area (Å²) in [6.07, 6.45) is 1.01. The fourth-order valence-corrected chi connectivity index (χ4v) is 3.01. The third kappa shape index (κ3) is 2.86. The van der Waals surface area contributed by atoms with Crippen LogP contribution in [-0.4, -0.2) is 26.6 Å². The highest BCUT2D eigenvalue weighted by Gasteiger charge is 2.09. The highest BCUT2D eigenvalue weighted by molar-refractivity contribution is 5.83. The number of pyridine rings is 1. The second-order valence-electron chi connectivity index (χ2n) is 6.06.